The lowest BCUT2D eigenvalue weighted by Crippen LogP contribution is -2.30. The van der Waals surface area contributed by atoms with E-state index >= 15 is 0 Å². The second-order valence-corrected chi connectivity index (χ2v) is 21.3. The average Bonchev–Trinajstić information content (AvgIpc) is 3.43. The number of hydrogen-bond acceptors (Lipinski definition) is 6. The molecule has 0 amide bonds. The van der Waals surface area contributed by atoms with Gasteiger partial charge in [-0.05, 0) is 116 Å². The minimum absolute atomic E-state index is 0.111. The van der Waals surface area contributed by atoms with Gasteiger partial charge in [0, 0.05) is 19.3 Å². The average molecular weight is 1070 g/mol. The van der Waals surface area contributed by atoms with Crippen molar-refractivity contribution in [3.05, 3.63) is 109 Å². The maximum Gasteiger partial charge on any atom is 0.306 e. The molecule has 6 nitrogen and oxygen atoms in total. The molecule has 0 rings (SSSR count). The van der Waals surface area contributed by atoms with Crippen LogP contribution in [-0.2, 0) is 28.6 Å². The van der Waals surface area contributed by atoms with Gasteiger partial charge in [0.25, 0.3) is 0 Å². The summed E-state index contributed by atoms with van der Waals surface area (Å²) in [5, 5.41) is 0. The van der Waals surface area contributed by atoms with Gasteiger partial charge in [0.15, 0.2) is 6.10 Å². The fourth-order valence-corrected chi connectivity index (χ4v) is 8.91. The van der Waals surface area contributed by atoms with Crippen LogP contribution in [0.4, 0.5) is 0 Å². The summed E-state index contributed by atoms with van der Waals surface area (Å²) in [6.07, 6.45) is 88.2. The number of ether oxygens (including phenoxy) is 3. The Morgan fingerprint density at radius 2 is 0.532 bits per heavy atom. The number of carbonyl (C=O) groups excluding carboxylic acids is 3. The highest BCUT2D eigenvalue weighted by Gasteiger charge is 2.19. The molecule has 0 aromatic carbocycles. The van der Waals surface area contributed by atoms with Crippen LogP contribution in [-0.4, -0.2) is 37.2 Å². The standard InChI is InChI=1S/C71H120O6/c1-4-7-10-13-16-19-22-25-28-31-34-35-38-40-43-46-49-52-55-58-61-64-70(73)76-67-68(77-71(74)65-62-59-56-53-50-47-44-41-37-33-30-27-24-21-18-15-12-9-6-3)66-75-69(72)63-60-57-54-51-48-45-42-39-36-32-29-26-23-20-17-14-11-8-5-2/h9,12,17-18,20-21,26-27,29-31,34,37,41,47,50,56,59,68H,4-8,10-11,13-16,19,22-25,28,32-33,35-36,38-40,42-46,48-49,51-55,57-58,60-67H2,1-3H3/b12-9-,20-17-,21-18-,29-26-,30-27-,34-31-,41-37-,50-47-,59-56-. The van der Waals surface area contributed by atoms with Gasteiger partial charge in [0.05, 0.1) is 0 Å². The first-order valence-corrected chi connectivity index (χ1v) is 32.4. The maximum absolute atomic E-state index is 12.9. The third-order valence-corrected chi connectivity index (χ3v) is 13.7. The van der Waals surface area contributed by atoms with Gasteiger partial charge in [-0.2, -0.15) is 0 Å². The molecule has 440 valence electrons. The van der Waals surface area contributed by atoms with Gasteiger partial charge < -0.3 is 14.2 Å². The first-order valence-electron chi connectivity index (χ1n) is 32.4. The molecule has 0 heterocycles. The summed E-state index contributed by atoms with van der Waals surface area (Å²) >= 11 is 0. The number of allylic oxidation sites excluding steroid dienone is 18. The summed E-state index contributed by atoms with van der Waals surface area (Å²) in [5.74, 6) is -0.994. The van der Waals surface area contributed by atoms with E-state index in [1.54, 1.807) is 0 Å². The highest BCUT2D eigenvalue weighted by Crippen LogP contribution is 2.16. The molecule has 1 unspecified atom stereocenters. The molecule has 6 heteroatoms. The van der Waals surface area contributed by atoms with Crippen molar-refractivity contribution >= 4 is 17.9 Å². The van der Waals surface area contributed by atoms with E-state index in [9.17, 15) is 14.4 Å². The van der Waals surface area contributed by atoms with Gasteiger partial charge >= 0.3 is 17.9 Å². The van der Waals surface area contributed by atoms with E-state index in [0.29, 0.717) is 19.3 Å². The topological polar surface area (TPSA) is 78.9 Å². The predicted octanol–water partition coefficient (Wildman–Crippen LogP) is 22.2. The molecule has 1 atom stereocenters. The number of unbranched alkanes of at least 4 members (excludes halogenated alkanes) is 29. The molecule has 0 aliphatic rings. The maximum atomic E-state index is 12.9. The number of esters is 3. The van der Waals surface area contributed by atoms with E-state index in [0.717, 1.165) is 83.5 Å². The smallest absolute Gasteiger partial charge is 0.306 e. The molecule has 0 fully saturated rings. The highest BCUT2D eigenvalue weighted by atomic mass is 16.6. The zero-order valence-corrected chi connectivity index (χ0v) is 50.4. The summed E-state index contributed by atoms with van der Waals surface area (Å²) in [5.41, 5.74) is 0. The lowest BCUT2D eigenvalue weighted by Gasteiger charge is -2.18. The molecular weight excluding hydrogens is 949 g/mol. The summed E-state index contributed by atoms with van der Waals surface area (Å²) in [4.78, 5) is 38.3. The van der Waals surface area contributed by atoms with E-state index in [4.69, 9.17) is 14.2 Å². The van der Waals surface area contributed by atoms with Crippen LogP contribution in [0.15, 0.2) is 109 Å². The van der Waals surface area contributed by atoms with Gasteiger partial charge in [0.2, 0.25) is 0 Å². The van der Waals surface area contributed by atoms with Crippen molar-refractivity contribution in [2.75, 3.05) is 13.2 Å². The van der Waals surface area contributed by atoms with E-state index in [1.807, 2.05) is 6.08 Å². The second-order valence-electron chi connectivity index (χ2n) is 21.3. The monoisotopic (exact) mass is 1070 g/mol. The molecule has 0 saturated heterocycles. The van der Waals surface area contributed by atoms with Crippen LogP contribution < -0.4 is 0 Å². The fourth-order valence-electron chi connectivity index (χ4n) is 8.91. The van der Waals surface area contributed by atoms with Crippen molar-refractivity contribution in [1.29, 1.82) is 0 Å². The Labute approximate surface area is 476 Å². The summed E-state index contributed by atoms with van der Waals surface area (Å²) in [6, 6.07) is 0. The lowest BCUT2D eigenvalue weighted by atomic mass is 10.1. The van der Waals surface area contributed by atoms with Crippen LogP contribution in [0, 0.1) is 0 Å². The molecule has 0 N–H and O–H groups in total. The highest BCUT2D eigenvalue weighted by molar-refractivity contribution is 5.71. The Balaban J connectivity index is 4.48. The molecule has 0 aliphatic carbocycles. The van der Waals surface area contributed by atoms with E-state index in [-0.39, 0.29) is 31.6 Å². The van der Waals surface area contributed by atoms with Crippen molar-refractivity contribution in [1.82, 2.24) is 0 Å². The number of carbonyl (C=O) groups is 3. The van der Waals surface area contributed by atoms with Crippen molar-refractivity contribution in [3.8, 4) is 0 Å². The number of hydrogen-bond donors (Lipinski definition) is 0. The Morgan fingerprint density at radius 3 is 0.883 bits per heavy atom. The van der Waals surface area contributed by atoms with E-state index < -0.39 is 12.1 Å². The van der Waals surface area contributed by atoms with Gasteiger partial charge in [-0.25, -0.2) is 0 Å². The first-order chi connectivity index (χ1) is 38.0. The normalized spacial score (nSPS) is 12.8. The van der Waals surface area contributed by atoms with Gasteiger partial charge in [-0.15, -0.1) is 0 Å². The van der Waals surface area contributed by atoms with Gasteiger partial charge in [-0.1, -0.05) is 278 Å². The van der Waals surface area contributed by atoms with Crippen molar-refractivity contribution in [2.45, 2.75) is 309 Å². The second kappa shape index (κ2) is 64.6. The van der Waals surface area contributed by atoms with E-state index in [2.05, 4.69) is 124 Å². The SMILES string of the molecule is CC/C=C\C/C=C\C/C=C\C/C=C\C/C=C\C/C=C\CCC(=O)OC(COC(=O)CCCCCCCCCCC/C=C\C/C=C\CCCCC)COC(=O)CCCCCCCCCCC/C=C\CCCCCCCCCC. The third kappa shape index (κ3) is 62.8. The first kappa shape index (κ1) is 73.1. The quantitative estimate of drug-likeness (QED) is 0.0261. The molecule has 77 heavy (non-hydrogen) atoms. The molecule has 0 aromatic rings. The van der Waals surface area contributed by atoms with Crippen LogP contribution in [0.25, 0.3) is 0 Å². The molecule has 0 saturated carbocycles. The minimum atomic E-state index is -0.824. The van der Waals surface area contributed by atoms with Crippen molar-refractivity contribution in [3.63, 3.8) is 0 Å². The Bertz CT molecular complexity index is 1560. The number of rotatable bonds is 58. The van der Waals surface area contributed by atoms with Gasteiger partial charge in [-0.3, -0.25) is 14.4 Å². The van der Waals surface area contributed by atoms with Crippen molar-refractivity contribution < 1.29 is 28.6 Å². The molecule has 0 bridgehead atoms. The molecule has 0 aliphatic heterocycles. The van der Waals surface area contributed by atoms with E-state index in [1.165, 1.54) is 173 Å². The molecule has 0 aromatic heterocycles. The zero-order chi connectivity index (χ0) is 55.7. The van der Waals surface area contributed by atoms with Crippen molar-refractivity contribution in [2.24, 2.45) is 0 Å². The minimum Gasteiger partial charge on any atom is -0.462 e. The Kier molecular flexibility index (Phi) is 61.3. The summed E-state index contributed by atoms with van der Waals surface area (Å²) in [7, 11) is 0. The molecule has 0 spiro atoms. The van der Waals surface area contributed by atoms with Crippen LogP contribution >= 0.6 is 0 Å². The Morgan fingerprint density at radius 1 is 0.273 bits per heavy atom. The predicted molar refractivity (Wildman–Crippen MR) is 334 cm³/mol. The Hall–Kier alpha value is -3.93. The fraction of sp³-hybridized carbons (Fsp3) is 0.704. The summed E-state index contributed by atoms with van der Waals surface area (Å²) < 4.78 is 16.9. The van der Waals surface area contributed by atoms with Crippen LogP contribution in [0.1, 0.15) is 303 Å². The largest absolute Gasteiger partial charge is 0.462 e. The van der Waals surface area contributed by atoms with Crippen LogP contribution in [0.3, 0.4) is 0 Å². The molecular formula is C71H120O6. The third-order valence-electron chi connectivity index (χ3n) is 13.7. The lowest BCUT2D eigenvalue weighted by molar-refractivity contribution is -0.166. The van der Waals surface area contributed by atoms with Crippen LogP contribution in [0.5, 0.6) is 0 Å². The van der Waals surface area contributed by atoms with Gasteiger partial charge in [0.1, 0.15) is 13.2 Å². The molecule has 0 radical (unpaired) electrons. The zero-order valence-electron chi connectivity index (χ0n) is 50.4. The summed E-state index contributed by atoms with van der Waals surface area (Å²) in [6.45, 7) is 6.46. The van der Waals surface area contributed by atoms with Crippen LogP contribution in [0.2, 0.25) is 0 Å².